The van der Waals surface area contributed by atoms with Gasteiger partial charge in [-0.1, -0.05) is 44.2 Å². The van der Waals surface area contributed by atoms with Crippen LogP contribution in [0.2, 0.25) is 0 Å². The fraction of sp³-hybridized carbons (Fsp3) is 0.526. The summed E-state index contributed by atoms with van der Waals surface area (Å²) in [7, 11) is 0. The Hall–Kier alpha value is -1.65. The SMILES string of the molecule is CCOC(=O)/C(C)=C/[C@@H](O)[C@@H](C)[C@@H](C)COCc1ccccc1. The molecule has 128 valence electrons. The molecule has 23 heavy (non-hydrogen) atoms. The molecule has 3 atom stereocenters. The summed E-state index contributed by atoms with van der Waals surface area (Å²) in [5, 5.41) is 10.3. The van der Waals surface area contributed by atoms with E-state index >= 15 is 0 Å². The lowest BCUT2D eigenvalue weighted by Crippen LogP contribution is -2.26. The Kier molecular flexibility index (Phi) is 8.59. The molecule has 0 radical (unpaired) electrons. The summed E-state index contributed by atoms with van der Waals surface area (Å²) >= 11 is 0. The lowest BCUT2D eigenvalue weighted by molar-refractivity contribution is -0.138. The number of carbonyl (C=O) groups excluding carboxylic acids is 1. The monoisotopic (exact) mass is 320 g/mol. The maximum absolute atomic E-state index is 11.6. The molecule has 0 unspecified atom stereocenters. The first-order valence-electron chi connectivity index (χ1n) is 8.11. The number of benzene rings is 1. The molecule has 0 saturated heterocycles. The van der Waals surface area contributed by atoms with Crippen LogP contribution in [-0.4, -0.2) is 30.4 Å². The summed E-state index contributed by atoms with van der Waals surface area (Å²) in [5.74, 6) is -0.234. The van der Waals surface area contributed by atoms with E-state index in [0.29, 0.717) is 25.4 Å². The molecule has 0 spiro atoms. The predicted octanol–water partition coefficient (Wildman–Crippen LogP) is 3.35. The number of hydrogen-bond acceptors (Lipinski definition) is 4. The third-order valence-electron chi connectivity index (χ3n) is 3.95. The van der Waals surface area contributed by atoms with E-state index < -0.39 is 6.10 Å². The maximum atomic E-state index is 11.6. The highest BCUT2D eigenvalue weighted by atomic mass is 16.5. The van der Waals surface area contributed by atoms with E-state index in [1.54, 1.807) is 19.9 Å². The van der Waals surface area contributed by atoms with Crippen LogP contribution in [0.1, 0.15) is 33.3 Å². The zero-order chi connectivity index (χ0) is 17.2. The highest BCUT2D eigenvalue weighted by Crippen LogP contribution is 2.18. The van der Waals surface area contributed by atoms with Crippen LogP contribution in [0, 0.1) is 11.8 Å². The zero-order valence-corrected chi connectivity index (χ0v) is 14.5. The van der Waals surface area contributed by atoms with Crippen molar-refractivity contribution in [3.05, 3.63) is 47.5 Å². The Morgan fingerprint density at radius 1 is 1.26 bits per heavy atom. The minimum absolute atomic E-state index is 0.0184. The Morgan fingerprint density at radius 3 is 2.52 bits per heavy atom. The largest absolute Gasteiger partial charge is 0.463 e. The molecule has 1 rings (SSSR count). The lowest BCUT2D eigenvalue weighted by atomic mass is 9.90. The second kappa shape index (κ2) is 10.2. The smallest absolute Gasteiger partial charge is 0.333 e. The van der Waals surface area contributed by atoms with Crippen LogP contribution in [0.4, 0.5) is 0 Å². The quantitative estimate of drug-likeness (QED) is 0.560. The summed E-state index contributed by atoms with van der Waals surface area (Å²) in [4.78, 5) is 11.6. The summed E-state index contributed by atoms with van der Waals surface area (Å²) in [6.07, 6.45) is 0.867. The van der Waals surface area contributed by atoms with Gasteiger partial charge in [0.15, 0.2) is 0 Å². The van der Waals surface area contributed by atoms with Crippen molar-refractivity contribution in [3.63, 3.8) is 0 Å². The summed E-state index contributed by atoms with van der Waals surface area (Å²) in [5.41, 5.74) is 1.56. The number of aliphatic hydroxyl groups is 1. The molecule has 1 N–H and O–H groups in total. The van der Waals surface area contributed by atoms with E-state index in [2.05, 4.69) is 0 Å². The van der Waals surface area contributed by atoms with Gasteiger partial charge in [-0.15, -0.1) is 0 Å². The maximum Gasteiger partial charge on any atom is 0.333 e. The lowest BCUT2D eigenvalue weighted by Gasteiger charge is -2.23. The van der Waals surface area contributed by atoms with Crippen molar-refractivity contribution in [2.75, 3.05) is 13.2 Å². The van der Waals surface area contributed by atoms with Gasteiger partial charge in [0.05, 0.1) is 19.3 Å². The van der Waals surface area contributed by atoms with Gasteiger partial charge in [-0.25, -0.2) is 4.79 Å². The van der Waals surface area contributed by atoms with Crippen LogP contribution < -0.4 is 0 Å². The molecule has 0 aliphatic carbocycles. The average Bonchev–Trinajstić information content (AvgIpc) is 2.55. The van der Waals surface area contributed by atoms with Crippen molar-refractivity contribution >= 4 is 5.97 Å². The molecule has 0 aromatic heterocycles. The average molecular weight is 320 g/mol. The number of ether oxygens (including phenoxy) is 2. The number of carbonyl (C=O) groups is 1. The summed E-state index contributed by atoms with van der Waals surface area (Å²) < 4.78 is 10.6. The zero-order valence-electron chi connectivity index (χ0n) is 14.5. The standard InChI is InChI=1S/C19H28O4/c1-5-23-19(21)14(2)11-18(20)16(4)15(3)12-22-13-17-9-7-6-8-10-17/h6-11,15-16,18,20H,5,12-13H2,1-4H3/b14-11+/t15-,16-,18+/m0/s1. The molecule has 0 amide bonds. The summed E-state index contributed by atoms with van der Waals surface area (Å²) in [6.45, 7) is 8.86. The van der Waals surface area contributed by atoms with E-state index in [1.807, 2.05) is 44.2 Å². The van der Waals surface area contributed by atoms with Crippen molar-refractivity contribution in [1.82, 2.24) is 0 Å². The fourth-order valence-corrected chi connectivity index (χ4v) is 2.15. The number of hydrogen-bond donors (Lipinski definition) is 1. The van der Waals surface area contributed by atoms with Crippen LogP contribution in [0.25, 0.3) is 0 Å². The van der Waals surface area contributed by atoms with E-state index in [-0.39, 0.29) is 17.8 Å². The van der Waals surface area contributed by atoms with E-state index in [4.69, 9.17) is 9.47 Å². The number of esters is 1. The number of rotatable bonds is 9. The van der Waals surface area contributed by atoms with Crippen molar-refractivity contribution < 1.29 is 19.4 Å². The Bertz CT molecular complexity index is 495. The van der Waals surface area contributed by atoms with Crippen molar-refractivity contribution in [1.29, 1.82) is 0 Å². The van der Waals surface area contributed by atoms with Gasteiger partial charge < -0.3 is 14.6 Å². The van der Waals surface area contributed by atoms with Gasteiger partial charge in [0.2, 0.25) is 0 Å². The Labute approximate surface area is 139 Å². The van der Waals surface area contributed by atoms with Gasteiger partial charge in [0.25, 0.3) is 0 Å². The molecule has 1 aromatic carbocycles. The molecule has 0 heterocycles. The van der Waals surface area contributed by atoms with Crippen molar-refractivity contribution in [2.45, 2.75) is 40.4 Å². The molecule has 0 bridgehead atoms. The third kappa shape index (κ3) is 6.97. The first-order chi connectivity index (χ1) is 11.0. The molecule has 0 saturated carbocycles. The molecule has 1 aromatic rings. The van der Waals surface area contributed by atoms with Crippen LogP contribution in [0.15, 0.2) is 42.0 Å². The highest BCUT2D eigenvalue weighted by Gasteiger charge is 2.20. The minimum atomic E-state index is -0.699. The molecule has 4 heteroatoms. The van der Waals surface area contributed by atoms with Crippen LogP contribution in [0.5, 0.6) is 0 Å². The van der Waals surface area contributed by atoms with Crippen molar-refractivity contribution in [3.8, 4) is 0 Å². The normalized spacial score (nSPS) is 15.8. The summed E-state index contributed by atoms with van der Waals surface area (Å²) in [6, 6.07) is 9.99. The van der Waals surface area contributed by atoms with Gasteiger partial charge in [-0.05, 0) is 37.3 Å². The molecular formula is C19H28O4. The number of aliphatic hydroxyl groups excluding tert-OH is 1. The second-order valence-corrected chi connectivity index (χ2v) is 5.90. The predicted molar refractivity (Wildman–Crippen MR) is 90.8 cm³/mol. The van der Waals surface area contributed by atoms with Gasteiger partial charge in [0.1, 0.15) is 0 Å². The first kappa shape index (κ1) is 19.4. The minimum Gasteiger partial charge on any atom is -0.463 e. The van der Waals surface area contributed by atoms with Gasteiger partial charge in [-0.2, -0.15) is 0 Å². The fourth-order valence-electron chi connectivity index (χ4n) is 2.15. The van der Waals surface area contributed by atoms with Gasteiger partial charge >= 0.3 is 5.97 Å². The molecular weight excluding hydrogens is 292 g/mol. The van der Waals surface area contributed by atoms with Crippen LogP contribution in [0.3, 0.4) is 0 Å². The second-order valence-electron chi connectivity index (χ2n) is 5.90. The first-order valence-corrected chi connectivity index (χ1v) is 8.11. The molecule has 0 fully saturated rings. The molecule has 0 aliphatic heterocycles. The van der Waals surface area contributed by atoms with Crippen molar-refractivity contribution in [2.24, 2.45) is 11.8 Å². The van der Waals surface area contributed by atoms with Gasteiger partial charge in [0, 0.05) is 12.2 Å². The Balaban J connectivity index is 2.44. The third-order valence-corrected chi connectivity index (χ3v) is 3.95. The molecule has 4 nitrogen and oxygen atoms in total. The van der Waals surface area contributed by atoms with E-state index in [9.17, 15) is 9.90 Å². The Morgan fingerprint density at radius 2 is 1.91 bits per heavy atom. The van der Waals surface area contributed by atoms with Crippen LogP contribution in [-0.2, 0) is 20.9 Å². The topological polar surface area (TPSA) is 55.8 Å². The van der Waals surface area contributed by atoms with E-state index in [1.165, 1.54) is 0 Å². The highest BCUT2D eigenvalue weighted by molar-refractivity contribution is 5.87. The van der Waals surface area contributed by atoms with Crippen LogP contribution >= 0.6 is 0 Å². The molecule has 0 aliphatic rings. The van der Waals surface area contributed by atoms with E-state index in [0.717, 1.165) is 5.56 Å². The van der Waals surface area contributed by atoms with Gasteiger partial charge in [-0.3, -0.25) is 0 Å².